The number of nitrogens with one attached hydrogen (secondary N) is 1. The summed E-state index contributed by atoms with van der Waals surface area (Å²) in [5.74, 6) is 0.644. The summed E-state index contributed by atoms with van der Waals surface area (Å²) in [6.45, 7) is 1.36. The van der Waals surface area contributed by atoms with Crippen LogP contribution < -0.4 is 14.8 Å². The SMILES string of the molecule is COc1ccc(C(C)NC(=O)CN(Cc2ccccc2Cl)S(=O)(=O)c2ccc(Br)cc2)cc1OC. The third kappa shape index (κ3) is 6.76. The lowest BCUT2D eigenvalue weighted by Gasteiger charge is -2.24. The standard InChI is InChI=1S/C25H26BrClN2O5S/c1-17(18-8-13-23(33-2)24(14-18)34-3)28-25(30)16-29(15-19-6-4-5-7-22(19)27)35(31,32)21-11-9-20(26)10-12-21/h4-14,17H,15-16H2,1-3H3,(H,28,30). The van der Waals surface area contributed by atoms with E-state index in [4.69, 9.17) is 21.1 Å². The Hall–Kier alpha value is -2.59. The van der Waals surface area contributed by atoms with E-state index < -0.39 is 22.0 Å². The second-order valence-electron chi connectivity index (χ2n) is 7.72. The van der Waals surface area contributed by atoms with Gasteiger partial charge in [0.25, 0.3) is 0 Å². The first-order chi connectivity index (χ1) is 16.6. The van der Waals surface area contributed by atoms with Gasteiger partial charge in [-0.25, -0.2) is 8.42 Å². The number of benzene rings is 3. The van der Waals surface area contributed by atoms with Gasteiger partial charge in [0.1, 0.15) is 0 Å². The van der Waals surface area contributed by atoms with Crippen molar-refractivity contribution in [1.29, 1.82) is 0 Å². The van der Waals surface area contributed by atoms with E-state index in [-0.39, 0.29) is 18.0 Å². The summed E-state index contributed by atoms with van der Waals surface area (Å²) in [4.78, 5) is 13.1. The summed E-state index contributed by atoms with van der Waals surface area (Å²) in [6.07, 6.45) is 0. The molecule has 186 valence electrons. The molecular weight excluding hydrogens is 556 g/mol. The number of rotatable bonds is 10. The van der Waals surface area contributed by atoms with Gasteiger partial charge in [-0.3, -0.25) is 4.79 Å². The Morgan fingerprint density at radius 3 is 2.31 bits per heavy atom. The average molecular weight is 582 g/mol. The average Bonchev–Trinajstić information content (AvgIpc) is 2.84. The molecule has 0 aliphatic heterocycles. The monoisotopic (exact) mass is 580 g/mol. The molecule has 1 unspecified atom stereocenters. The van der Waals surface area contributed by atoms with Gasteiger partial charge in [-0.2, -0.15) is 4.31 Å². The van der Waals surface area contributed by atoms with Gasteiger partial charge in [-0.15, -0.1) is 0 Å². The Morgan fingerprint density at radius 1 is 1.03 bits per heavy atom. The Kier molecular flexibility index (Phi) is 9.18. The second-order valence-corrected chi connectivity index (χ2v) is 11.0. The van der Waals surface area contributed by atoms with Crippen LogP contribution in [0.2, 0.25) is 5.02 Å². The summed E-state index contributed by atoms with van der Waals surface area (Å²) in [7, 11) is -0.915. The van der Waals surface area contributed by atoms with Crippen molar-refractivity contribution in [3.05, 3.63) is 87.4 Å². The lowest BCUT2D eigenvalue weighted by atomic mass is 10.1. The molecule has 1 N–H and O–H groups in total. The quantitative estimate of drug-likeness (QED) is 0.356. The van der Waals surface area contributed by atoms with Crippen molar-refractivity contribution >= 4 is 43.5 Å². The third-order valence-electron chi connectivity index (χ3n) is 5.36. The van der Waals surface area contributed by atoms with Gasteiger partial charge >= 0.3 is 0 Å². The number of nitrogens with zero attached hydrogens (tertiary/aromatic N) is 1. The number of hydrogen-bond acceptors (Lipinski definition) is 5. The highest BCUT2D eigenvalue weighted by atomic mass is 79.9. The van der Waals surface area contributed by atoms with Crippen molar-refractivity contribution in [2.24, 2.45) is 0 Å². The van der Waals surface area contributed by atoms with Gasteiger partial charge in [-0.1, -0.05) is 51.8 Å². The number of halogens is 2. The molecule has 3 aromatic carbocycles. The summed E-state index contributed by atoms with van der Waals surface area (Å²) in [5, 5.41) is 3.29. The van der Waals surface area contributed by atoms with E-state index in [9.17, 15) is 13.2 Å². The Bertz CT molecular complexity index is 1290. The highest BCUT2D eigenvalue weighted by molar-refractivity contribution is 9.10. The molecule has 35 heavy (non-hydrogen) atoms. The van der Waals surface area contributed by atoms with E-state index in [2.05, 4.69) is 21.2 Å². The van der Waals surface area contributed by atoms with Crippen LogP contribution in [0.25, 0.3) is 0 Å². The minimum absolute atomic E-state index is 0.0593. The van der Waals surface area contributed by atoms with E-state index >= 15 is 0 Å². The molecule has 7 nitrogen and oxygen atoms in total. The minimum Gasteiger partial charge on any atom is -0.493 e. The van der Waals surface area contributed by atoms with Crippen molar-refractivity contribution in [3.8, 4) is 11.5 Å². The summed E-state index contributed by atoms with van der Waals surface area (Å²) >= 11 is 9.60. The van der Waals surface area contributed by atoms with Crippen LogP contribution in [-0.2, 0) is 21.4 Å². The number of hydrogen-bond donors (Lipinski definition) is 1. The molecule has 0 aliphatic carbocycles. The largest absolute Gasteiger partial charge is 0.493 e. The zero-order valence-electron chi connectivity index (χ0n) is 19.5. The number of carbonyl (C=O) groups excluding carboxylic acids is 1. The van der Waals surface area contributed by atoms with E-state index in [1.807, 2.05) is 6.07 Å². The van der Waals surface area contributed by atoms with Crippen LogP contribution >= 0.6 is 27.5 Å². The fourth-order valence-corrected chi connectivity index (χ4v) is 5.29. The van der Waals surface area contributed by atoms with Gasteiger partial charge < -0.3 is 14.8 Å². The van der Waals surface area contributed by atoms with Crippen LogP contribution in [0.5, 0.6) is 11.5 Å². The third-order valence-corrected chi connectivity index (χ3v) is 8.06. The first kappa shape index (κ1) is 27.0. The van der Waals surface area contributed by atoms with Crippen LogP contribution in [0, 0.1) is 0 Å². The maximum atomic E-state index is 13.5. The molecule has 3 aromatic rings. The van der Waals surface area contributed by atoms with Crippen LogP contribution in [0.3, 0.4) is 0 Å². The molecule has 1 atom stereocenters. The molecule has 0 spiro atoms. The molecule has 0 radical (unpaired) electrons. The smallest absolute Gasteiger partial charge is 0.243 e. The van der Waals surface area contributed by atoms with E-state index in [1.165, 1.54) is 19.2 Å². The maximum Gasteiger partial charge on any atom is 0.243 e. The number of sulfonamides is 1. The molecule has 0 fully saturated rings. The van der Waals surface area contributed by atoms with Crippen LogP contribution in [0.15, 0.2) is 76.1 Å². The molecule has 0 bridgehead atoms. The van der Waals surface area contributed by atoms with Crippen molar-refractivity contribution < 1.29 is 22.7 Å². The van der Waals surface area contributed by atoms with E-state index in [0.717, 1.165) is 14.3 Å². The highest BCUT2D eigenvalue weighted by Gasteiger charge is 2.28. The molecule has 0 heterocycles. The molecule has 1 amide bonds. The summed E-state index contributed by atoms with van der Waals surface area (Å²) in [6, 6.07) is 18.1. The lowest BCUT2D eigenvalue weighted by molar-refractivity contribution is -0.122. The van der Waals surface area contributed by atoms with E-state index in [0.29, 0.717) is 22.1 Å². The normalized spacial score (nSPS) is 12.3. The molecule has 0 saturated heterocycles. The Balaban J connectivity index is 1.84. The molecule has 10 heteroatoms. The topological polar surface area (TPSA) is 84.9 Å². The van der Waals surface area contributed by atoms with Gasteiger partial charge in [0, 0.05) is 16.0 Å². The van der Waals surface area contributed by atoms with Gasteiger partial charge in [-0.05, 0) is 60.5 Å². The fourth-order valence-electron chi connectivity index (χ4n) is 3.45. The summed E-state index contributed by atoms with van der Waals surface area (Å²) < 4.78 is 39.4. The predicted molar refractivity (Wildman–Crippen MR) is 139 cm³/mol. The van der Waals surface area contributed by atoms with E-state index in [1.54, 1.807) is 62.6 Å². The van der Waals surface area contributed by atoms with Crippen molar-refractivity contribution in [3.63, 3.8) is 0 Å². The maximum absolute atomic E-state index is 13.5. The number of ether oxygens (including phenoxy) is 2. The van der Waals surface area contributed by atoms with Crippen LogP contribution in [-0.4, -0.2) is 39.4 Å². The van der Waals surface area contributed by atoms with Crippen molar-refractivity contribution in [1.82, 2.24) is 9.62 Å². The number of carbonyl (C=O) groups is 1. The second kappa shape index (κ2) is 11.9. The van der Waals surface area contributed by atoms with Crippen LogP contribution in [0.1, 0.15) is 24.1 Å². The molecule has 3 rings (SSSR count). The molecule has 0 saturated carbocycles. The predicted octanol–water partition coefficient (Wildman–Crippen LogP) is 5.19. The van der Waals surface area contributed by atoms with Gasteiger partial charge in [0.05, 0.1) is 31.7 Å². The van der Waals surface area contributed by atoms with Crippen LogP contribution in [0.4, 0.5) is 0 Å². The highest BCUT2D eigenvalue weighted by Crippen LogP contribution is 2.30. The lowest BCUT2D eigenvalue weighted by Crippen LogP contribution is -2.41. The minimum atomic E-state index is -3.99. The first-order valence-corrected chi connectivity index (χ1v) is 13.3. The number of amides is 1. The zero-order valence-corrected chi connectivity index (χ0v) is 22.7. The zero-order chi connectivity index (χ0) is 25.6. The summed E-state index contributed by atoms with van der Waals surface area (Å²) in [5.41, 5.74) is 1.38. The Labute approximate surface area is 219 Å². The van der Waals surface area contributed by atoms with Crippen molar-refractivity contribution in [2.45, 2.75) is 24.4 Å². The van der Waals surface area contributed by atoms with Crippen molar-refractivity contribution in [2.75, 3.05) is 20.8 Å². The van der Waals surface area contributed by atoms with Gasteiger partial charge in [0.15, 0.2) is 11.5 Å². The number of methoxy groups -OCH3 is 2. The molecule has 0 aliphatic rings. The van der Waals surface area contributed by atoms with Gasteiger partial charge in [0.2, 0.25) is 15.9 Å². The molecular formula is C25H26BrClN2O5S. The molecule has 0 aromatic heterocycles. The first-order valence-electron chi connectivity index (χ1n) is 10.7. The fraction of sp³-hybridized carbons (Fsp3) is 0.240. The Morgan fingerprint density at radius 2 is 1.69 bits per heavy atom.